The van der Waals surface area contributed by atoms with Gasteiger partial charge in [-0.05, 0) is 12.5 Å². The normalized spacial score (nSPS) is 13.6. The fraction of sp³-hybridized carbons (Fsp3) is 0.462. The second-order valence-electron chi connectivity index (χ2n) is 4.58. The second-order valence-corrected chi connectivity index (χ2v) is 5.57. The molecule has 5 nitrogen and oxygen atoms in total. The minimum Gasteiger partial charge on any atom is -0.370 e. The van der Waals surface area contributed by atoms with E-state index in [2.05, 4.69) is 22.3 Å². The van der Waals surface area contributed by atoms with E-state index < -0.39 is 0 Å². The molecule has 3 rings (SSSR count). The summed E-state index contributed by atoms with van der Waals surface area (Å²) in [7, 11) is 1.92. The van der Waals surface area contributed by atoms with Gasteiger partial charge in [0, 0.05) is 36.9 Å². The predicted molar refractivity (Wildman–Crippen MR) is 78.0 cm³/mol. The summed E-state index contributed by atoms with van der Waals surface area (Å²) in [6.07, 6.45) is 2.87. The molecule has 0 atom stereocenters. The number of rotatable bonds is 4. The predicted octanol–water partition coefficient (Wildman–Crippen LogP) is 2.45. The van der Waals surface area contributed by atoms with Gasteiger partial charge in [-0.25, -0.2) is 9.97 Å². The number of aromatic nitrogens is 4. The van der Waals surface area contributed by atoms with Crippen molar-refractivity contribution in [3.8, 4) is 11.5 Å². The molecule has 0 fully saturated rings. The first-order valence-electron chi connectivity index (χ1n) is 6.49. The number of anilines is 1. The Balaban J connectivity index is 2.05. The van der Waals surface area contributed by atoms with Crippen LogP contribution < -0.4 is 5.32 Å². The Kier molecular flexibility index (Phi) is 3.42. The van der Waals surface area contributed by atoms with Crippen LogP contribution in [0.2, 0.25) is 0 Å². The molecule has 19 heavy (non-hydrogen) atoms. The molecule has 100 valence electrons. The number of hydrogen-bond donors (Lipinski definition) is 1. The number of nitrogens with zero attached hydrogens (tertiary/aromatic N) is 4. The van der Waals surface area contributed by atoms with Gasteiger partial charge in [0.15, 0.2) is 5.82 Å². The van der Waals surface area contributed by atoms with Crippen LogP contribution in [-0.4, -0.2) is 26.3 Å². The Hall–Kier alpha value is -1.56. The van der Waals surface area contributed by atoms with Crippen LogP contribution in [0.3, 0.4) is 0 Å². The Morgan fingerprint density at radius 1 is 1.37 bits per heavy atom. The topological polar surface area (TPSA) is 55.6 Å². The molecule has 0 radical (unpaired) electrons. The van der Waals surface area contributed by atoms with Crippen molar-refractivity contribution in [2.24, 2.45) is 7.05 Å². The van der Waals surface area contributed by atoms with Gasteiger partial charge in [0.05, 0.1) is 5.69 Å². The maximum atomic E-state index is 4.69. The van der Waals surface area contributed by atoms with E-state index in [9.17, 15) is 0 Å². The first kappa shape index (κ1) is 12.5. The van der Waals surface area contributed by atoms with Crippen molar-refractivity contribution in [2.45, 2.75) is 24.9 Å². The van der Waals surface area contributed by atoms with Crippen LogP contribution in [-0.2, 0) is 18.6 Å². The summed E-state index contributed by atoms with van der Waals surface area (Å²) >= 11 is 1.90. The van der Waals surface area contributed by atoms with Gasteiger partial charge in [-0.2, -0.15) is 16.9 Å². The standard InChI is InChI=1S/C13H17N5S/c1-3-5-14-12-9-7-19-8-10(9)16-13(17-12)11-4-6-15-18(11)2/h4,6H,3,5,7-8H2,1-2H3,(H,14,16,17). The molecular formula is C13H17N5S. The van der Waals surface area contributed by atoms with Gasteiger partial charge in [-0.1, -0.05) is 6.92 Å². The summed E-state index contributed by atoms with van der Waals surface area (Å²) in [6, 6.07) is 1.95. The van der Waals surface area contributed by atoms with Crippen LogP contribution in [0.1, 0.15) is 24.6 Å². The Bertz CT molecular complexity index is 593. The van der Waals surface area contributed by atoms with Crippen molar-refractivity contribution in [1.29, 1.82) is 0 Å². The molecule has 2 aromatic heterocycles. The quantitative estimate of drug-likeness (QED) is 0.929. The van der Waals surface area contributed by atoms with E-state index in [4.69, 9.17) is 4.98 Å². The van der Waals surface area contributed by atoms with E-state index in [1.807, 2.05) is 29.6 Å². The molecular weight excluding hydrogens is 258 g/mol. The van der Waals surface area contributed by atoms with E-state index in [0.717, 1.165) is 47.5 Å². The molecule has 6 heteroatoms. The first-order chi connectivity index (χ1) is 9.29. The number of hydrogen-bond acceptors (Lipinski definition) is 5. The smallest absolute Gasteiger partial charge is 0.180 e. The largest absolute Gasteiger partial charge is 0.370 e. The van der Waals surface area contributed by atoms with Crippen molar-refractivity contribution in [1.82, 2.24) is 19.7 Å². The maximum absolute atomic E-state index is 4.69. The van der Waals surface area contributed by atoms with Gasteiger partial charge >= 0.3 is 0 Å². The number of nitrogens with one attached hydrogen (secondary N) is 1. The zero-order valence-electron chi connectivity index (χ0n) is 11.2. The molecule has 0 bridgehead atoms. The Labute approximate surface area is 116 Å². The van der Waals surface area contributed by atoms with Crippen molar-refractivity contribution in [2.75, 3.05) is 11.9 Å². The van der Waals surface area contributed by atoms with Crippen LogP contribution in [0, 0.1) is 0 Å². The summed E-state index contributed by atoms with van der Waals surface area (Å²) in [5.41, 5.74) is 3.39. The summed E-state index contributed by atoms with van der Waals surface area (Å²) in [6.45, 7) is 3.10. The van der Waals surface area contributed by atoms with Gasteiger partial charge in [0.2, 0.25) is 0 Å². The highest BCUT2D eigenvalue weighted by Gasteiger charge is 2.20. The molecule has 0 aliphatic carbocycles. The molecule has 0 saturated heterocycles. The van der Waals surface area contributed by atoms with E-state index in [1.54, 1.807) is 6.20 Å². The van der Waals surface area contributed by atoms with Gasteiger partial charge in [-0.15, -0.1) is 0 Å². The molecule has 1 aliphatic rings. The van der Waals surface area contributed by atoms with E-state index in [0.29, 0.717) is 0 Å². The van der Waals surface area contributed by atoms with Crippen LogP contribution >= 0.6 is 11.8 Å². The van der Waals surface area contributed by atoms with Crippen LogP contribution in [0.5, 0.6) is 0 Å². The molecule has 2 aromatic rings. The third-order valence-electron chi connectivity index (χ3n) is 3.17. The van der Waals surface area contributed by atoms with E-state index in [1.165, 1.54) is 5.56 Å². The first-order valence-corrected chi connectivity index (χ1v) is 7.65. The lowest BCUT2D eigenvalue weighted by Gasteiger charge is -2.11. The summed E-state index contributed by atoms with van der Waals surface area (Å²) in [5, 5.41) is 7.61. The van der Waals surface area contributed by atoms with Gasteiger partial charge in [0.1, 0.15) is 11.5 Å². The molecule has 0 amide bonds. The monoisotopic (exact) mass is 275 g/mol. The molecule has 0 spiro atoms. The van der Waals surface area contributed by atoms with Crippen molar-refractivity contribution in [3.05, 3.63) is 23.5 Å². The minimum atomic E-state index is 0.764. The van der Waals surface area contributed by atoms with E-state index >= 15 is 0 Å². The summed E-state index contributed by atoms with van der Waals surface area (Å²) in [4.78, 5) is 9.38. The fourth-order valence-electron chi connectivity index (χ4n) is 2.15. The zero-order valence-corrected chi connectivity index (χ0v) is 12.0. The van der Waals surface area contributed by atoms with Gasteiger partial charge in [0.25, 0.3) is 0 Å². The van der Waals surface area contributed by atoms with Gasteiger partial charge in [-0.3, -0.25) is 4.68 Å². The zero-order chi connectivity index (χ0) is 13.2. The lowest BCUT2D eigenvalue weighted by Crippen LogP contribution is -2.09. The third kappa shape index (κ3) is 2.32. The minimum absolute atomic E-state index is 0.764. The average molecular weight is 275 g/mol. The number of thioether (sulfide) groups is 1. The highest BCUT2D eigenvalue weighted by atomic mass is 32.2. The highest BCUT2D eigenvalue weighted by Crippen LogP contribution is 2.34. The van der Waals surface area contributed by atoms with Gasteiger partial charge < -0.3 is 5.32 Å². The summed E-state index contributed by atoms with van der Waals surface area (Å²) in [5.74, 6) is 3.74. The van der Waals surface area contributed by atoms with Crippen molar-refractivity contribution < 1.29 is 0 Å². The van der Waals surface area contributed by atoms with Crippen LogP contribution in [0.15, 0.2) is 12.3 Å². The molecule has 1 aliphatic heterocycles. The SMILES string of the molecule is CCCNc1nc(-c2ccnn2C)nc2c1CSC2. The molecule has 0 saturated carbocycles. The molecule has 0 aromatic carbocycles. The highest BCUT2D eigenvalue weighted by molar-refractivity contribution is 7.98. The fourth-order valence-corrected chi connectivity index (χ4v) is 3.19. The third-order valence-corrected chi connectivity index (χ3v) is 4.14. The van der Waals surface area contributed by atoms with Crippen LogP contribution in [0.25, 0.3) is 11.5 Å². The van der Waals surface area contributed by atoms with Crippen molar-refractivity contribution in [3.63, 3.8) is 0 Å². The lowest BCUT2D eigenvalue weighted by atomic mass is 10.2. The molecule has 3 heterocycles. The molecule has 1 N–H and O–H groups in total. The maximum Gasteiger partial charge on any atom is 0.180 e. The number of aryl methyl sites for hydroxylation is 1. The van der Waals surface area contributed by atoms with Crippen molar-refractivity contribution >= 4 is 17.6 Å². The lowest BCUT2D eigenvalue weighted by molar-refractivity contribution is 0.769. The number of fused-ring (bicyclic) bond motifs is 1. The Morgan fingerprint density at radius 3 is 3.00 bits per heavy atom. The molecule has 0 unspecified atom stereocenters. The second kappa shape index (κ2) is 5.21. The van der Waals surface area contributed by atoms with Crippen LogP contribution in [0.4, 0.5) is 5.82 Å². The van der Waals surface area contributed by atoms with E-state index in [-0.39, 0.29) is 0 Å². The summed E-state index contributed by atoms with van der Waals surface area (Å²) < 4.78 is 1.81. The average Bonchev–Trinajstić information content (AvgIpc) is 3.03. The Morgan fingerprint density at radius 2 is 2.26 bits per heavy atom.